The van der Waals surface area contributed by atoms with Gasteiger partial charge >= 0.3 is 6.03 Å². The molecule has 1 fully saturated rings. The molecule has 1 aliphatic rings. The van der Waals surface area contributed by atoms with Crippen LogP contribution in [-0.4, -0.2) is 43.6 Å². The highest BCUT2D eigenvalue weighted by Gasteiger charge is 2.28. The molecule has 0 aliphatic carbocycles. The minimum atomic E-state index is -0.0627. The molecule has 1 heterocycles. The summed E-state index contributed by atoms with van der Waals surface area (Å²) in [5, 5.41) is 2.80. The Kier molecular flexibility index (Phi) is 9.62. The molecule has 0 aromatic heterocycles. The zero-order chi connectivity index (χ0) is 24.5. The molecule has 0 bridgehead atoms. The first-order valence-electron chi connectivity index (χ1n) is 11.8. The number of benzene rings is 2. The minimum absolute atomic E-state index is 0.0254. The number of carbonyl (C=O) groups excluding carboxylic acids is 2. The van der Waals surface area contributed by atoms with Crippen LogP contribution in [0.25, 0.3) is 0 Å². The van der Waals surface area contributed by atoms with Gasteiger partial charge < -0.3 is 19.7 Å². The summed E-state index contributed by atoms with van der Waals surface area (Å²) in [5.41, 5.74) is 2.84. The normalized spacial score (nSPS) is 13.7. The van der Waals surface area contributed by atoms with Crippen molar-refractivity contribution in [1.82, 2.24) is 10.2 Å². The summed E-state index contributed by atoms with van der Waals surface area (Å²) in [6.45, 7) is 6.63. The van der Waals surface area contributed by atoms with Crippen LogP contribution in [0.15, 0.2) is 40.9 Å². The average Bonchev–Trinajstić information content (AvgIpc) is 2.83. The van der Waals surface area contributed by atoms with Crippen LogP contribution in [0.4, 0.5) is 10.5 Å². The molecule has 184 valence electrons. The van der Waals surface area contributed by atoms with Crippen molar-refractivity contribution < 1.29 is 19.1 Å². The van der Waals surface area contributed by atoms with Gasteiger partial charge in [0.05, 0.1) is 13.7 Å². The van der Waals surface area contributed by atoms with Crippen LogP contribution in [0.1, 0.15) is 50.7 Å². The van der Waals surface area contributed by atoms with E-state index in [0.29, 0.717) is 44.3 Å². The van der Waals surface area contributed by atoms with Gasteiger partial charge in [-0.2, -0.15) is 0 Å². The number of methoxy groups -OCH3 is 1. The van der Waals surface area contributed by atoms with E-state index in [-0.39, 0.29) is 11.9 Å². The number of nitrogens with zero attached hydrogens (tertiary/aromatic N) is 2. The summed E-state index contributed by atoms with van der Waals surface area (Å²) < 4.78 is 12.4. The summed E-state index contributed by atoms with van der Waals surface area (Å²) in [7, 11) is 1.63. The Hall–Kier alpha value is -2.74. The fourth-order valence-electron chi connectivity index (χ4n) is 3.91. The first-order chi connectivity index (χ1) is 16.4. The molecule has 3 rings (SSSR count). The van der Waals surface area contributed by atoms with Crippen molar-refractivity contribution in [2.45, 2.75) is 52.6 Å². The molecule has 2 aromatic carbocycles. The van der Waals surface area contributed by atoms with Crippen LogP contribution in [-0.2, 0) is 17.9 Å². The number of unbranched alkanes of at least 4 members (excludes halogenated alkanes) is 2. The monoisotopic (exact) mass is 531 g/mol. The highest BCUT2D eigenvalue weighted by molar-refractivity contribution is 9.10. The lowest BCUT2D eigenvalue weighted by Gasteiger charge is -2.36. The number of urea groups is 1. The van der Waals surface area contributed by atoms with Crippen molar-refractivity contribution >= 4 is 33.6 Å². The SMILES string of the molecule is CCCCCOc1cc(N2CCCN(Cc3ccc(CNC(C)=O)cc3Br)C2=O)ccc1OC. The molecular formula is C26H34BrN3O4. The molecule has 2 aromatic rings. The molecule has 1 aliphatic heterocycles. The summed E-state index contributed by atoms with van der Waals surface area (Å²) in [6.07, 6.45) is 4.11. The van der Waals surface area contributed by atoms with Gasteiger partial charge in [-0.3, -0.25) is 9.69 Å². The first kappa shape index (κ1) is 25.9. The lowest BCUT2D eigenvalue weighted by Crippen LogP contribution is -2.49. The average molecular weight is 532 g/mol. The van der Waals surface area contributed by atoms with Crippen LogP contribution in [0.5, 0.6) is 11.5 Å². The van der Waals surface area contributed by atoms with Crippen LogP contribution in [0.3, 0.4) is 0 Å². The van der Waals surface area contributed by atoms with Crippen LogP contribution >= 0.6 is 15.9 Å². The van der Waals surface area contributed by atoms with Crippen molar-refractivity contribution in [2.24, 2.45) is 0 Å². The summed E-state index contributed by atoms with van der Waals surface area (Å²) in [4.78, 5) is 28.2. The molecule has 7 nitrogen and oxygen atoms in total. The van der Waals surface area contributed by atoms with E-state index in [2.05, 4.69) is 28.2 Å². The fourth-order valence-corrected chi connectivity index (χ4v) is 4.46. The summed E-state index contributed by atoms with van der Waals surface area (Å²) >= 11 is 3.63. The van der Waals surface area contributed by atoms with Crippen molar-refractivity contribution in [3.8, 4) is 11.5 Å². The Morgan fingerprint density at radius 2 is 1.94 bits per heavy atom. The van der Waals surface area contributed by atoms with Gasteiger partial charge in [-0.05, 0) is 42.2 Å². The van der Waals surface area contributed by atoms with Gasteiger partial charge in [0.25, 0.3) is 0 Å². The fraction of sp³-hybridized carbons (Fsp3) is 0.462. The van der Waals surface area contributed by atoms with E-state index < -0.39 is 0 Å². The van der Waals surface area contributed by atoms with E-state index >= 15 is 0 Å². The Bertz CT molecular complexity index is 998. The quantitative estimate of drug-likeness (QED) is 0.389. The van der Waals surface area contributed by atoms with Gasteiger partial charge in [-0.1, -0.05) is 47.8 Å². The number of amides is 3. The lowest BCUT2D eigenvalue weighted by atomic mass is 10.1. The molecule has 1 saturated heterocycles. The molecule has 3 amide bonds. The van der Waals surface area contributed by atoms with E-state index in [9.17, 15) is 9.59 Å². The van der Waals surface area contributed by atoms with Gasteiger partial charge in [0.1, 0.15) is 0 Å². The van der Waals surface area contributed by atoms with Gasteiger partial charge in [0, 0.05) is 49.3 Å². The molecule has 8 heteroatoms. The van der Waals surface area contributed by atoms with Crippen molar-refractivity contribution in [2.75, 3.05) is 31.7 Å². The maximum absolute atomic E-state index is 13.4. The Morgan fingerprint density at radius 3 is 2.65 bits per heavy atom. The minimum Gasteiger partial charge on any atom is -0.493 e. The van der Waals surface area contributed by atoms with E-state index in [1.54, 1.807) is 12.0 Å². The predicted octanol–water partition coefficient (Wildman–Crippen LogP) is 5.50. The standard InChI is InChI=1S/C26H34BrN3O4/c1-4-5-6-14-34-25-16-22(10-11-24(25)33-3)30-13-7-12-29(26(30)32)18-21-9-8-20(15-23(21)27)17-28-19(2)31/h8-11,15-16H,4-7,12-14,17-18H2,1-3H3,(H,28,31). The number of ether oxygens (including phenoxy) is 2. The second-order valence-corrected chi connectivity index (χ2v) is 9.29. The molecule has 0 atom stereocenters. The molecule has 34 heavy (non-hydrogen) atoms. The highest BCUT2D eigenvalue weighted by Crippen LogP contribution is 2.33. The molecule has 0 saturated carbocycles. The third-order valence-electron chi connectivity index (χ3n) is 5.80. The molecule has 0 radical (unpaired) electrons. The second-order valence-electron chi connectivity index (χ2n) is 8.44. The first-order valence-corrected chi connectivity index (χ1v) is 12.6. The number of carbonyl (C=O) groups is 2. The number of rotatable bonds is 11. The summed E-state index contributed by atoms with van der Waals surface area (Å²) in [5.74, 6) is 1.27. The molecule has 0 unspecified atom stereocenters. The topological polar surface area (TPSA) is 71.1 Å². The third kappa shape index (κ3) is 6.88. The van der Waals surface area contributed by atoms with Gasteiger partial charge in [-0.15, -0.1) is 0 Å². The Balaban J connectivity index is 1.70. The van der Waals surface area contributed by atoms with E-state index in [1.165, 1.54) is 6.92 Å². The van der Waals surface area contributed by atoms with Crippen molar-refractivity contribution in [3.63, 3.8) is 0 Å². The van der Waals surface area contributed by atoms with E-state index in [0.717, 1.165) is 47.0 Å². The number of hydrogen-bond acceptors (Lipinski definition) is 4. The van der Waals surface area contributed by atoms with Gasteiger partial charge in [-0.25, -0.2) is 4.79 Å². The number of hydrogen-bond donors (Lipinski definition) is 1. The largest absolute Gasteiger partial charge is 0.493 e. The third-order valence-corrected chi connectivity index (χ3v) is 6.53. The molecule has 0 spiro atoms. The predicted molar refractivity (Wildman–Crippen MR) is 137 cm³/mol. The van der Waals surface area contributed by atoms with Crippen molar-refractivity contribution in [3.05, 3.63) is 52.0 Å². The van der Waals surface area contributed by atoms with Crippen molar-refractivity contribution in [1.29, 1.82) is 0 Å². The Labute approximate surface area is 210 Å². The zero-order valence-electron chi connectivity index (χ0n) is 20.2. The number of nitrogens with one attached hydrogen (secondary N) is 1. The molecule has 1 N–H and O–H groups in total. The summed E-state index contributed by atoms with van der Waals surface area (Å²) in [6, 6.07) is 11.6. The van der Waals surface area contributed by atoms with Crippen LogP contribution in [0, 0.1) is 0 Å². The number of anilines is 1. The smallest absolute Gasteiger partial charge is 0.324 e. The maximum atomic E-state index is 13.4. The maximum Gasteiger partial charge on any atom is 0.324 e. The lowest BCUT2D eigenvalue weighted by molar-refractivity contribution is -0.119. The van der Waals surface area contributed by atoms with Crippen LogP contribution in [0.2, 0.25) is 0 Å². The number of halogens is 1. The van der Waals surface area contributed by atoms with E-state index in [1.807, 2.05) is 41.3 Å². The van der Waals surface area contributed by atoms with Crippen LogP contribution < -0.4 is 19.7 Å². The second kappa shape index (κ2) is 12.6. The van der Waals surface area contributed by atoms with Gasteiger partial charge in [0.2, 0.25) is 5.91 Å². The van der Waals surface area contributed by atoms with Gasteiger partial charge in [0.15, 0.2) is 11.5 Å². The zero-order valence-corrected chi connectivity index (χ0v) is 21.8. The van der Waals surface area contributed by atoms with E-state index in [4.69, 9.17) is 9.47 Å². The molecular weight excluding hydrogens is 498 g/mol. The Morgan fingerprint density at radius 1 is 1.12 bits per heavy atom. The highest BCUT2D eigenvalue weighted by atomic mass is 79.9.